The van der Waals surface area contributed by atoms with Gasteiger partial charge in [-0.25, -0.2) is 0 Å². The highest BCUT2D eigenvalue weighted by atomic mass is 16.6. The second kappa shape index (κ2) is 4.26. The van der Waals surface area contributed by atoms with E-state index in [1.807, 2.05) is 0 Å². The van der Waals surface area contributed by atoms with Gasteiger partial charge in [-0.3, -0.25) is 0 Å². The largest absolute Gasteiger partial charge is 0.376 e. The van der Waals surface area contributed by atoms with Crippen LogP contribution in [-0.4, -0.2) is 51.3 Å². The molecule has 0 bridgehead atoms. The summed E-state index contributed by atoms with van der Waals surface area (Å²) in [7, 11) is 3.42. The van der Waals surface area contributed by atoms with Crippen molar-refractivity contribution in [1.29, 1.82) is 0 Å². The van der Waals surface area contributed by atoms with Crippen LogP contribution in [0.1, 0.15) is 20.8 Å². The Morgan fingerprint density at radius 1 is 1.06 bits per heavy atom. The van der Waals surface area contributed by atoms with E-state index >= 15 is 0 Å². The lowest BCUT2D eigenvalue weighted by Gasteiger charge is -2.31. The van der Waals surface area contributed by atoms with E-state index in [1.165, 1.54) is 0 Å². The quantitative estimate of drug-likeness (QED) is 0.715. The monoisotopic (exact) mass is 230 g/mol. The Bertz CT molecular complexity index is 248. The number of hydrogen-bond acceptors (Lipinski definition) is 4. The van der Waals surface area contributed by atoms with Crippen molar-refractivity contribution in [1.82, 2.24) is 0 Å². The molecule has 2 aliphatic rings. The number of rotatable bonds is 2. The highest BCUT2D eigenvalue weighted by Gasteiger charge is 2.55. The molecule has 0 saturated carbocycles. The van der Waals surface area contributed by atoms with Gasteiger partial charge in [-0.2, -0.15) is 0 Å². The molecule has 2 rings (SSSR count). The molecule has 0 spiro atoms. The van der Waals surface area contributed by atoms with E-state index in [1.54, 1.807) is 14.2 Å². The van der Waals surface area contributed by atoms with Crippen LogP contribution in [0.25, 0.3) is 0 Å². The van der Waals surface area contributed by atoms with Crippen LogP contribution in [-0.2, 0) is 18.9 Å². The molecular weight excluding hydrogens is 208 g/mol. The van der Waals surface area contributed by atoms with Gasteiger partial charge in [0.2, 0.25) is 0 Å². The molecular formula is C12H22O4. The first-order valence-electron chi connectivity index (χ1n) is 5.81. The smallest absolute Gasteiger partial charge is 0.115 e. The summed E-state index contributed by atoms with van der Waals surface area (Å²) in [6.45, 7) is 7.08. The Morgan fingerprint density at radius 3 is 2.25 bits per heavy atom. The predicted molar refractivity (Wildman–Crippen MR) is 59.5 cm³/mol. The van der Waals surface area contributed by atoms with Gasteiger partial charge in [0.05, 0.1) is 12.7 Å². The van der Waals surface area contributed by atoms with Gasteiger partial charge in [-0.15, -0.1) is 0 Å². The minimum absolute atomic E-state index is 0.00477. The lowest BCUT2D eigenvalue weighted by atomic mass is 9.85. The van der Waals surface area contributed by atoms with Crippen LogP contribution in [0.2, 0.25) is 0 Å². The van der Waals surface area contributed by atoms with E-state index in [0.717, 1.165) is 0 Å². The van der Waals surface area contributed by atoms with Crippen LogP contribution in [0.3, 0.4) is 0 Å². The van der Waals surface area contributed by atoms with E-state index in [-0.39, 0.29) is 35.9 Å². The molecule has 0 aromatic rings. The third-order valence-electron chi connectivity index (χ3n) is 3.50. The van der Waals surface area contributed by atoms with Crippen LogP contribution in [0.15, 0.2) is 0 Å². The zero-order chi connectivity index (χ0) is 11.9. The Kier molecular flexibility index (Phi) is 3.27. The van der Waals surface area contributed by atoms with Gasteiger partial charge in [-0.1, -0.05) is 20.8 Å². The number of fused-ring (bicyclic) bond motifs is 1. The van der Waals surface area contributed by atoms with Gasteiger partial charge in [-0.05, 0) is 5.41 Å². The van der Waals surface area contributed by atoms with Gasteiger partial charge >= 0.3 is 0 Å². The molecule has 0 aromatic carbocycles. The maximum Gasteiger partial charge on any atom is 0.115 e. The molecule has 2 aliphatic heterocycles. The molecule has 2 heterocycles. The van der Waals surface area contributed by atoms with Gasteiger partial charge in [0, 0.05) is 14.2 Å². The van der Waals surface area contributed by atoms with Crippen molar-refractivity contribution in [2.24, 2.45) is 5.41 Å². The van der Waals surface area contributed by atoms with E-state index in [9.17, 15) is 0 Å². The SMILES string of the molecule is COC1COC2C1OC(C(C)(C)C)C2OC. The Labute approximate surface area is 97.2 Å². The minimum atomic E-state index is 0.00477. The molecule has 0 aromatic heterocycles. The molecule has 0 N–H and O–H groups in total. The van der Waals surface area contributed by atoms with E-state index < -0.39 is 0 Å². The lowest BCUT2D eigenvalue weighted by molar-refractivity contribution is -0.103. The topological polar surface area (TPSA) is 36.9 Å². The average molecular weight is 230 g/mol. The molecule has 5 atom stereocenters. The maximum absolute atomic E-state index is 6.08. The first-order chi connectivity index (χ1) is 7.49. The third-order valence-corrected chi connectivity index (χ3v) is 3.50. The highest BCUT2D eigenvalue weighted by molar-refractivity contribution is 5.03. The molecule has 0 aliphatic carbocycles. The summed E-state index contributed by atoms with van der Waals surface area (Å²) in [5, 5.41) is 0. The first-order valence-corrected chi connectivity index (χ1v) is 5.81. The fraction of sp³-hybridized carbons (Fsp3) is 1.00. The average Bonchev–Trinajstić information content (AvgIpc) is 2.72. The number of ether oxygens (including phenoxy) is 4. The minimum Gasteiger partial charge on any atom is -0.376 e. The van der Waals surface area contributed by atoms with Crippen LogP contribution in [0.4, 0.5) is 0 Å². The summed E-state index contributed by atoms with van der Waals surface area (Å²) in [4.78, 5) is 0. The van der Waals surface area contributed by atoms with Gasteiger partial charge in [0.1, 0.15) is 24.4 Å². The summed E-state index contributed by atoms with van der Waals surface area (Å²) >= 11 is 0. The van der Waals surface area contributed by atoms with Gasteiger partial charge < -0.3 is 18.9 Å². The molecule has 4 nitrogen and oxygen atoms in total. The molecule has 0 amide bonds. The van der Waals surface area contributed by atoms with Crippen molar-refractivity contribution < 1.29 is 18.9 Å². The normalized spacial score (nSPS) is 43.7. The zero-order valence-corrected chi connectivity index (χ0v) is 10.7. The van der Waals surface area contributed by atoms with Crippen LogP contribution in [0.5, 0.6) is 0 Å². The van der Waals surface area contributed by atoms with Gasteiger partial charge in [0.25, 0.3) is 0 Å². The fourth-order valence-corrected chi connectivity index (χ4v) is 2.63. The molecule has 5 unspecified atom stereocenters. The van der Waals surface area contributed by atoms with Crippen molar-refractivity contribution in [2.75, 3.05) is 20.8 Å². The van der Waals surface area contributed by atoms with E-state index in [0.29, 0.717) is 6.61 Å². The zero-order valence-electron chi connectivity index (χ0n) is 10.7. The first kappa shape index (κ1) is 12.3. The summed E-state index contributed by atoms with van der Waals surface area (Å²) in [6.07, 6.45) is 0.129. The Hall–Kier alpha value is -0.160. The third kappa shape index (κ3) is 1.88. The summed E-state index contributed by atoms with van der Waals surface area (Å²) in [5.41, 5.74) is 0.0483. The van der Waals surface area contributed by atoms with Crippen molar-refractivity contribution in [3.8, 4) is 0 Å². The van der Waals surface area contributed by atoms with Crippen LogP contribution < -0.4 is 0 Å². The fourth-order valence-electron chi connectivity index (χ4n) is 2.63. The van der Waals surface area contributed by atoms with Gasteiger partial charge in [0.15, 0.2) is 0 Å². The van der Waals surface area contributed by atoms with Crippen molar-refractivity contribution in [3.63, 3.8) is 0 Å². The predicted octanol–water partition coefficient (Wildman–Crippen LogP) is 1.23. The van der Waals surface area contributed by atoms with Crippen molar-refractivity contribution >= 4 is 0 Å². The molecule has 16 heavy (non-hydrogen) atoms. The van der Waals surface area contributed by atoms with Crippen LogP contribution >= 0.6 is 0 Å². The summed E-state index contributed by atoms with van der Waals surface area (Å²) in [5.74, 6) is 0. The Morgan fingerprint density at radius 2 is 1.75 bits per heavy atom. The lowest BCUT2D eigenvalue weighted by Crippen LogP contribution is -2.40. The highest BCUT2D eigenvalue weighted by Crippen LogP contribution is 2.40. The van der Waals surface area contributed by atoms with Crippen molar-refractivity contribution in [2.45, 2.75) is 51.3 Å². The molecule has 94 valence electrons. The number of methoxy groups -OCH3 is 2. The Balaban J connectivity index is 2.16. The summed E-state index contributed by atoms with van der Waals surface area (Å²) in [6, 6.07) is 0. The second-order valence-corrected chi connectivity index (χ2v) is 5.66. The van der Waals surface area contributed by atoms with E-state index in [4.69, 9.17) is 18.9 Å². The number of hydrogen-bond donors (Lipinski definition) is 0. The molecule has 2 saturated heterocycles. The summed E-state index contributed by atoms with van der Waals surface area (Å²) < 4.78 is 22.7. The molecule has 0 radical (unpaired) electrons. The van der Waals surface area contributed by atoms with Crippen LogP contribution in [0, 0.1) is 5.41 Å². The van der Waals surface area contributed by atoms with Crippen molar-refractivity contribution in [3.05, 3.63) is 0 Å². The second-order valence-electron chi connectivity index (χ2n) is 5.66. The maximum atomic E-state index is 6.08. The standard InChI is InChI=1S/C12H22O4/c1-12(2,3)11-10(14-5)9-8(16-11)7(13-4)6-15-9/h7-11H,6H2,1-5H3. The molecule has 4 heteroatoms. The van der Waals surface area contributed by atoms with E-state index in [2.05, 4.69) is 20.8 Å². The molecule has 2 fully saturated rings.